The quantitative estimate of drug-likeness (QED) is 0.318. The predicted octanol–water partition coefficient (Wildman–Crippen LogP) is 6.76. The molecule has 0 unspecified atom stereocenters. The first-order chi connectivity index (χ1) is 19.1. The Morgan fingerprint density at radius 1 is 0.949 bits per heavy atom. The summed E-state index contributed by atoms with van der Waals surface area (Å²) < 4.78 is 11.4. The lowest BCUT2D eigenvalue weighted by atomic mass is 9.53. The maximum Gasteiger partial charge on any atom is 0.257 e. The van der Waals surface area contributed by atoms with Gasteiger partial charge >= 0.3 is 0 Å². The summed E-state index contributed by atoms with van der Waals surface area (Å²) in [5.74, 6) is 3.91. The van der Waals surface area contributed by atoms with Gasteiger partial charge in [0.1, 0.15) is 0 Å². The van der Waals surface area contributed by atoms with Crippen LogP contribution in [0.1, 0.15) is 114 Å². The maximum atomic E-state index is 14.1. The van der Waals surface area contributed by atoms with Gasteiger partial charge in [-0.1, -0.05) is 42.6 Å². The van der Waals surface area contributed by atoms with Crippen LogP contribution in [0, 0.1) is 11.3 Å². The van der Waals surface area contributed by atoms with Crippen molar-refractivity contribution in [3.05, 3.63) is 41.8 Å². The molecule has 5 saturated carbocycles. The molecule has 2 heterocycles. The minimum absolute atomic E-state index is 0.0228. The number of anilines is 1. The van der Waals surface area contributed by atoms with Gasteiger partial charge in [-0.05, 0) is 87.8 Å². The molecule has 0 saturated heterocycles. The number of amides is 1. The second-order valence-corrected chi connectivity index (χ2v) is 12.7. The molecule has 5 aliphatic carbocycles. The summed E-state index contributed by atoms with van der Waals surface area (Å²) in [5, 5.41) is 8.41. The van der Waals surface area contributed by atoms with Crippen LogP contribution in [-0.2, 0) is 16.6 Å². The number of hydrogen-bond donors (Lipinski definition) is 0. The smallest absolute Gasteiger partial charge is 0.257 e. The van der Waals surface area contributed by atoms with E-state index in [4.69, 9.17) is 14.0 Å². The summed E-state index contributed by atoms with van der Waals surface area (Å²) in [7, 11) is 0. The zero-order chi connectivity index (χ0) is 26.5. The number of carbonyl (C=O) groups is 1. The van der Waals surface area contributed by atoms with Gasteiger partial charge in [0.2, 0.25) is 11.8 Å². The van der Waals surface area contributed by atoms with Crippen LogP contribution in [0.25, 0.3) is 11.5 Å². The summed E-state index contributed by atoms with van der Waals surface area (Å²) in [4.78, 5) is 25.7. The number of aromatic nitrogens is 4. The topological polar surface area (TPSA) is 98.1 Å². The Hall–Kier alpha value is -3.03. The Labute approximate surface area is 229 Å². The second-order valence-electron chi connectivity index (χ2n) is 12.7. The first-order valence-electron chi connectivity index (χ1n) is 15.1. The molecule has 3 aromatic rings. The summed E-state index contributed by atoms with van der Waals surface area (Å²) in [6.07, 6.45) is 15.1. The van der Waals surface area contributed by atoms with Crippen molar-refractivity contribution in [1.29, 1.82) is 0 Å². The lowest BCUT2D eigenvalue weighted by molar-refractivity contribution is -0.124. The zero-order valence-electron chi connectivity index (χ0n) is 23.0. The maximum absolute atomic E-state index is 14.1. The largest absolute Gasteiger partial charge is 0.339 e. The van der Waals surface area contributed by atoms with Crippen LogP contribution in [0.4, 0.5) is 5.69 Å². The average Bonchev–Trinajstić information content (AvgIpc) is 3.51. The number of hydrogen-bond acceptors (Lipinski definition) is 7. The van der Waals surface area contributed by atoms with E-state index in [9.17, 15) is 4.79 Å². The van der Waals surface area contributed by atoms with E-state index in [0.29, 0.717) is 17.6 Å². The molecular formula is C31H39N5O3. The zero-order valence-corrected chi connectivity index (χ0v) is 23.0. The van der Waals surface area contributed by atoms with Crippen LogP contribution >= 0.6 is 0 Å². The van der Waals surface area contributed by atoms with Crippen LogP contribution in [0.5, 0.6) is 0 Å². The lowest BCUT2D eigenvalue weighted by Crippen LogP contribution is -2.51. The van der Waals surface area contributed by atoms with Crippen LogP contribution in [0.15, 0.2) is 33.3 Å². The highest BCUT2D eigenvalue weighted by molar-refractivity contribution is 5.95. The van der Waals surface area contributed by atoms with Crippen LogP contribution in [-0.4, -0.2) is 32.7 Å². The number of fused-ring (bicyclic) bond motifs is 3. The molecule has 5 aliphatic rings. The fourth-order valence-electron chi connectivity index (χ4n) is 7.30. The van der Waals surface area contributed by atoms with Crippen molar-refractivity contribution in [2.24, 2.45) is 11.3 Å². The molecular weight excluding hydrogens is 490 g/mol. The van der Waals surface area contributed by atoms with Gasteiger partial charge in [0, 0.05) is 41.5 Å². The van der Waals surface area contributed by atoms with Crippen molar-refractivity contribution in [1.82, 2.24) is 20.3 Å². The number of nitrogens with zero attached hydrogens (tertiary/aromatic N) is 5. The minimum atomic E-state index is 0.0228. The van der Waals surface area contributed by atoms with Gasteiger partial charge < -0.3 is 13.9 Å². The third-order valence-corrected chi connectivity index (χ3v) is 10.1. The van der Waals surface area contributed by atoms with Crippen molar-refractivity contribution in [3.8, 4) is 11.5 Å². The number of aryl methyl sites for hydroxylation is 1. The van der Waals surface area contributed by atoms with E-state index >= 15 is 0 Å². The molecule has 1 amide bonds. The standard InChI is InChI=1S/C31H39N5O3/c1-2-25-32-27(38-34-25)23-9-6-10-24(19-23)36(28(37)22-7-4-3-5-8-22)20-30-13-16-31(17-14-30,18-15-30)29-33-26(35-39-29)21-11-12-21/h6,9-10,19,21-22H,2-5,7-8,11-18,20H2,1H3. The predicted molar refractivity (Wildman–Crippen MR) is 146 cm³/mol. The molecule has 2 aromatic heterocycles. The van der Waals surface area contributed by atoms with Gasteiger partial charge in [-0.15, -0.1) is 0 Å². The molecule has 0 radical (unpaired) electrons. The lowest BCUT2D eigenvalue weighted by Gasteiger charge is -2.53. The monoisotopic (exact) mass is 529 g/mol. The molecule has 206 valence electrons. The molecule has 0 aliphatic heterocycles. The third-order valence-electron chi connectivity index (χ3n) is 10.1. The molecule has 8 heteroatoms. The van der Waals surface area contributed by atoms with Gasteiger partial charge in [0.25, 0.3) is 5.89 Å². The average molecular weight is 530 g/mol. The molecule has 2 bridgehead atoms. The molecule has 0 spiro atoms. The van der Waals surface area contributed by atoms with E-state index in [1.807, 2.05) is 19.1 Å². The summed E-state index contributed by atoms with van der Waals surface area (Å²) >= 11 is 0. The molecule has 39 heavy (non-hydrogen) atoms. The summed E-state index contributed by atoms with van der Waals surface area (Å²) in [5.41, 5.74) is 1.96. The Morgan fingerprint density at radius 2 is 1.72 bits per heavy atom. The Morgan fingerprint density at radius 3 is 2.41 bits per heavy atom. The van der Waals surface area contributed by atoms with Gasteiger partial charge in [-0.2, -0.15) is 9.97 Å². The van der Waals surface area contributed by atoms with Crippen molar-refractivity contribution >= 4 is 11.6 Å². The highest BCUT2D eigenvalue weighted by Gasteiger charge is 2.53. The van der Waals surface area contributed by atoms with E-state index < -0.39 is 0 Å². The Balaban J connectivity index is 1.14. The van der Waals surface area contributed by atoms with E-state index in [-0.39, 0.29) is 22.7 Å². The molecule has 1 aromatic carbocycles. The number of rotatable bonds is 8. The highest BCUT2D eigenvalue weighted by atomic mass is 16.5. The molecule has 0 N–H and O–H groups in total. The Kier molecular flexibility index (Phi) is 6.31. The van der Waals surface area contributed by atoms with Gasteiger partial charge in [-0.3, -0.25) is 4.79 Å². The van der Waals surface area contributed by atoms with E-state index in [1.54, 1.807) is 0 Å². The normalized spacial score (nSPS) is 27.1. The minimum Gasteiger partial charge on any atom is -0.339 e. The van der Waals surface area contributed by atoms with Crippen LogP contribution in [0.2, 0.25) is 0 Å². The van der Waals surface area contributed by atoms with Crippen LogP contribution in [0.3, 0.4) is 0 Å². The van der Waals surface area contributed by atoms with Gasteiger partial charge in [-0.25, -0.2) is 0 Å². The highest BCUT2D eigenvalue weighted by Crippen LogP contribution is 2.58. The van der Waals surface area contributed by atoms with E-state index in [0.717, 1.165) is 100 Å². The van der Waals surface area contributed by atoms with Crippen LogP contribution < -0.4 is 4.90 Å². The Bertz CT molecular complexity index is 1310. The SMILES string of the molecule is CCc1noc(-c2cccc(N(CC34CCC(c5nc(C6CC6)no5)(CC3)CC4)C(=O)C3CCCCC3)c2)n1. The summed E-state index contributed by atoms with van der Waals surface area (Å²) in [6, 6.07) is 8.15. The van der Waals surface area contributed by atoms with Crippen molar-refractivity contribution in [2.45, 2.75) is 108 Å². The first kappa shape index (κ1) is 25.0. The molecule has 8 nitrogen and oxygen atoms in total. The molecule has 5 fully saturated rings. The van der Waals surface area contributed by atoms with Gasteiger partial charge in [0.05, 0.1) is 0 Å². The van der Waals surface area contributed by atoms with Crippen molar-refractivity contribution < 1.29 is 13.8 Å². The van der Waals surface area contributed by atoms with Crippen molar-refractivity contribution in [2.75, 3.05) is 11.4 Å². The number of benzene rings is 1. The fourth-order valence-corrected chi connectivity index (χ4v) is 7.30. The fraction of sp³-hybridized carbons (Fsp3) is 0.645. The molecule has 8 rings (SSSR count). The first-order valence-corrected chi connectivity index (χ1v) is 15.1. The van der Waals surface area contributed by atoms with E-state index in [2.05, 4.69) is 32.3 Å². The third kappa shape index (κ3) is 4.70. The second kappa shape index (κ2) is 9.86. The molecule has 0 atom stereocenters. The van der Waals surface area contributed by atoms with Gasteiger partial charge in [0.15, 0.2) is 11.6 Å². The van der Waals surface area contributed by atoms with E-state index in [1.165, 1.54) is 19.3 Å². The number of carbonyl (C=O) groups excluding carboxylic acids is 1. The summed E-state index contributed by atoms with van der Waals surface area (Å²) in [6.45, 7) is 2.78. The van der Waals surface area contributed by atoms with Crippen molar-refractivity contribution in [3.63, 3.8) is 0 Å².